The van der Waals surface area contributed by atoms with Gasteiger partial charge in [0.1, 0.15) is 5.75 Å². The standard InChI is InChI=1S/C16H24O3/c1-4-5-6-12(2)7-8-13-9-10-14(17)11-15(13)16(18)19-3/h9-12,17H,4-8H2,1-3H3/t12-/m1/s1. The van der Waals surface area contributed by atoms with Crippen LogP contribution in [-0.2, 0) is 11.2 Å². The summed E-state index contributed by atoms with van der Waals surface area (Å²) in [5.41, 5.74) is 1.43. The summed E-state index contributed by atoms with van der Waals surface area (Å²) in [6.07, 6.45) is 5.59. The Labute approximate surface area is 115 Å². The Hall–Kier alpha value is -1.51. The molecule has 1 rings (SSSR count). The summed E-state index contributed by atoms with van der Waals surface area (Å²) < 4.78 is 4.75. The molecule has 0 spiro atoms. The monoisotopic (exact) mass is 264 g/mol. The van der Waals surface area contributed by atoms with E-state index < -0.39 is 0 Å². The first kappa shape index (κ1) is 15.5. The molecule has 1 aromatic carbocycles. The average molecular weight is 264 g/mol. The molecule has 0 saturated heterocycles. The maximum absolute atomic E-state index is 11.7. The predicted molar refractivity (Wildman–Crippen MR) is 76.5 cm³/mol. The molecule has 19 heavy (non-hydrogen) atoms. The number of aromatic hydroxyl groups is 1. The third kappa shape index (κ3) is 4.93. The van der Waals surface area contributed by atoms with Crippen LogP contribution in [0.3, 0.4) is 0 Å². The lowest BCUT2D eigenvalue weighted by Crippen LogP contribution is -2.07. The van der Waals surface area contributed by atoms with E-state index in [0.717, 1.165) is 18.4 Å². The molecule has 0 aliphatic rings. The Kier molecular flexibility index (Phi) is 6.40. The molecule has 1 atom stereocenters. The summed E-state index contributed by atoms with van der Waals surface area (Å²) in [6, 6.07) is 4.92. The van der Waals surface area contributed by atoms with Gasteiger partial charge in [0, 0.05) is 0 Å². The van der Waals surface area contributed by atoms with E-state index >= 15 is 0 Å². The van der Waals surface area contributed by atoms with Gasteiger partial charge in [0.25, 0.3) is 0 Å². The number of hydrogen-bond donors (Lipinski definition) is 1. The molecular weight excluding hydrogens is 240 g/mol. The van der Waals surface area contributed by atoms with Crippen molar-refractivity contribution in [2.75, 3.05) is 7.11 Å². The van der Waals surface area contributed by atoms with Gasteiger partial charge in [0.05, 0.1) is 12.7 Å². The number of benzene rings is 1. The molecule has 0 radical (unpaired) electrons. The first-order valence-corrected chi connectivity index (χ1v) is 6.98. The molecular formula is C16H24O3. The number of esters is 1. The molecule has 106 valence electrons. The third-order valence-electron chi connectivity index (χ3n) is 3.46. The van der Waals surface area contributed by atoms with Crippen LogP contribution in [0.2, 0.25) is 0 Å². The molecule has 0 aromatic heterocycles. The van der Waals surface area contributed by atoms with Crippen LogP contribution < -0.4 is 0 Å². The van der Waals surface area contributed by atoms with Crippen molar-refractivity contribution in [3.05, 3.63) is 29.3 Å². The topological polar surface area (TPSA) is 46.5 Å². The van der Waals surface area contributed by atoms with Gasteiger partial charge < -0.3 is 9.84 Å². The van der Waals surface area contributed by atoms with Gasteiger partial charge in [-0.1, -0.05) is 39.2 Å². The quantitative estimate of drug-likeness (QED) is 0.759. The van der Waals surface area contributed by atoms with Gasteiger partial charge in [0.15, 0.2) is 0 Å². The van der Waals surface area contributed by atoms with Crippen molar-refractivity contribution in [1.29, 1.82) is 0 Å². The number of phenols is 1. The van der Waals surface area contributed by atoms with E-state index in [-0.39, 0.29) is 11.7 Å². The van der Waals surface area contributed by atoms with Gasteiger partial charge in [-0.25, -0.2) is 4.79 Å². The lowest BCUT2D eigenvalue weighted by atomic mass is 9.94. The molecule has 1 N–H and O–H groups in total. The summed E-state index contributed by atoms with van der Waals surface area (Å²) in [5.74, 6) is 0.370. The summed E-state index contributed by atoms with van der Waals surface area (Å²) in [7, 11) is 1.36. The van der Waals surface area contributed by atoms with Gasteiger partial charge in [-0.3, -0.25) is 0 Å². The second-order valence-electron chi connectivity index (χ2n) is 5.12. The first-order valence-electron chi connectivity index (χ1n) is 6.98. The maximum atomic E-state index is 11.7. The van der Waals surface area contributed by atoms with E-state index in [0.29, 0.717) is 11.5 Å². The van der Waals surface area contributed by atoms with Crippen LogP contribution in [0.5, 0.6) is 5.75 Å². The molecule has 3 nitrogen and oxygen atoms in total. The predicted octanol–water partition coefficient (Wildman–Crippen LogP) is 3.94. The minimum absolute atomic E-state index is 0.100. The summed E-state index contributed by atoms with van der Waals surface area (Å²) in [6.45, 7) is 4.44. The molecule has 0 bridgehead atoms. The van der Waals surface area contributed by atoms with Gasteiger partial charge >= 0.3 is 5.97 Å². The van der Waals surface area contributed by atoms with Crippen LogP contribution in [0.15, 0.2) is 18.2 Å². The van der Waals surface area contributed by atoms with Crippen LogP contribution in [-0.4, -0.2) is 18.2 Å². The Morgan fingerprint density at radius 1 is 1.37 bits per heavy atom. The molecule has 0 fully saturated rings. The Morgan fingerprint density at radius 2 is 2.11 bits per heavy atom. The van der Waals surface area contributed by atoms with Gasteiger partial charge in [-0.15, -0.1) is 0 Å². The van der Waals surface area contributed by atoms with Gasteiger partial charge in [-0.2, -0.15) is 0 Å². The number of ether oxygens (including phenoxy) is 1. The van der Waals surface area contributed by atoms with Crippen molar-refractivity contribution < 1.29 is 14.6 Å². The van der Waals surface area contributed by atoms with Crippen molar-refractivity contribution in [3.63, 3.8) is 0 Å². The van der Waals surface area contributed by atoms with Crippen LogP contribution in [0.25, 0.3) is 0 Å². The molecule has 3 heteroatoms. The van der Waals surface area contributed by atoms with E-state index in [1.54, 1.807) is 6.07 Å². The summed E-state index contributed by atoms with van der Waals surface area (Å²) >= 11 is 0. The molecule has 0 aliphatic heterocycles. The van der Waals surface area contributed by atoms with E-state index in [2.05, 4.69) is 13.8 Å². The fraction of sp³-hybridized carbons (Fsp3) is 0.562. The highest BCUT2D eigenvalue weighted by Gasteiger charge is 2.13. The van der Waals surface area contributed by atoms with Crippen LogP contribution in [0.4, 0.5) is 0 Å². The molecule has 0 aliphatic carbocycles. The van der Waals surface area contributed by atoms with Crippen molar-refractivity contribution in [2.45, 2.75) is 46.0 Å². The van der Waals surface area contributed by atoms with E-state index in [1.165, 1.54) is 32.4 Å². The van der Waals surface area contributed by atoms with Crippen molar-refractivity contribution >= 4 is 5.97 Å². The number of hydrogen-bond acceptors (Lipinski definition) is 3. The van der Waals surface area contributed by atoms with Crippen molar-refractivity contribution in [3.8, 4) is 5.75 Å². The lowest BCUT2D eigenvalue weighted by Gasteiger charge is -2.12. The third-order valence-corrected chi connectivity index (χ3v) is 3.46. The SMILES string of the molecule is CCCC[C@@H](C)CCc1ccc(O)cc1C(=O)OC. The summed E-state index contributed by atoms with van der Waals surface area (Å²) in [5, 5.41) is 9.47. The van der Waals surface area contributed by atoms with Gasteiger partial charge in [0.2, 0.25) is 0 Å². The highest BCUT2D eigenvalue weighted by atomic mass is 16.5. The van der Waals surface area contributed by atoms with Crippen LogP contribution >= 0.6 is 0 Å². The summed E-state index contributed by atoms with van der Waals surface area (Å²) in [4.78, 5) is 11.7. The minimum Gasteiger partial charge on any atom is -0.508 e. The largest absolute Gasteiger partial charge is 0.508 e. The van der Waals surface area contributed by atoms with Crippen molar-refractivity contribution in [1.82, 2.24) is 0 Å². The fourth-order valence-electron chi connectivity index (χ4n) is 2.18. The smallest absolute Gasteiger partial charge is 0.338 e. The molecule has 0 amide bonds. The van der Waals surface area contributed by atoms with Crippen LogP contribution in [0.1, 0.15) is 55.5 Å². The fourth-order valence-corrected chi connectivity index (χ4v) is 2.18. The first-order chi connectivity index (χ1) is 9.08. The Bertz CT molecular complexity index is 412. The second kappa shape index (κ2) is 7.82. The zero-order valence-corrected chi connectivity index (χ0v) is 12.1. The zero-order valence-electron chi connectivity index (χ0n) is 12.1. The highest BCUT2D eigenvalue weighted by Crippen LogP contribution is 2.22. The maximum Gasteiger partial charge on any atom is 0.338 e. The number of aryl methyl sites for hydroxylation is 1. The Balaban J connectivity index is 2.69. The minimum atomic E-state index is -0.382. The Morgan fingerprint density at radius 3 is 2.74 bits per heavy atom. The number of carbonyl (C=O) groups is 1. The molecule has 1 aromatic rings. The highest BCUT2D eigenvalue weighted by molar-refractivity contribution is 5.91. The average Bonchev–Trinajstić information content (AvgIpc) is 2.42. The molecule has 0 saturated carbocycles. The zero-order chi connectivity index (χ0) is 14.3. The normalized spacial score (nSPS) is 12.2. The van der Waals surface area contributed by atoms with Crippen LogP contribution in [0, 0.1) is 5.92 Å². The van der Waals surface area contributed by atoms with E-state index in [9.17, 15) is 9.90 Å². The second-order valence-corrected chi connectivity index (χ2v) is 5.12. The van der Waals surface area contributed by atoms with Gasteiger partial charge in [-0.05, 0) is 36.5 Å². The molecule has 0 heterocycles. The number of phenolic OH excluding ortho intramolecular Hbond substituents is 1. The number of rotatable bonds is 7. The lowest BCUT2D eigenvalue weighted by molar-refractivity contribution is 0.0599. The van der Waals surface area contributed by atoms with E-state index in [4.69, 9.17) is 4.74 Å². The van der Waals surface area contributed by atoms with E-state index in [1.807, 2.05) is 6.07 Å². The number of carbonyl (C=O) groups excluding carboxylic acids is 1. The van der Waals surface area contributed by atoms with Crippen molar-refractivity contribution in [2.24, 2.45) is 5.92 Å². The number of methoxy groups -OCH3 is 1. The number of unbranched alkanes of at least 4 members (excludes halogenated alkanes) is 1. The molecule has 0 unspecified atom stereocenters.